The van der Waals surface area contributed by atoms with Crippen molar-refractivity contribution in [3.8, 4) is 0 Å². The molecule has 0 aliphatic heterocycles. The minimum atomic E-state index is -3.55. The molecule has 0 saturated heterocycles. The summed E-state index contributed by atoms with van der Waals surface area (Å²) in [5.41, 5.74) is 6.03. The first-order valence-corrected chi connectivity index (χ1v) is 9.11. The topological polar surface area (TPSA) is 101 Å². The first kappa shape index (κ1) is 14.8. The van der Waals surface area contributed by atoms with Crippen molar-refractivity contribution in [2.45, 2.75) is 48.5 Å². The predicted octanol–water partition coefficient (Wildman–Crippen LogP) is 0.821. The second kappa shape index (κ2) is 6.25. The number of aromatic nitrogens is 2. The van der Waals surface area contributed by atoms with Crippen molar-refractivity contribution >= 4 is 21.8 Å². The lowest BCUT2D eigenvalue weighted by Crippen LogP contribution is -2.39. The van der Waals surface area contributed by atoms with Gasteiger partial charge in [0.2, 0.25) is 0 Å². The van der Waals surface area contributed by atoms with Crippen molar-refractivity contribution in [3.63, 3.8) is 0 Å². The molecule has 0 radical (unpaired) electrons. The zero-order chi connectivity index (χ0) is 13.9. The molecule has 2 atom stereocenters. The first-order valence-electron chi connectivity index (χ1n) is 6.34. The summed E-state index contributed by atoms with van der Waals surface area (Å²) in [6.07, 6.45) is 7.53. The van der Waals surface area contributed by atoms with Crippen LogP contribution in [-0.2, 0) is 16.6 Å². The molecular weight excluding hydrogens is 284 g/mol. The molecule has 19 heavy (non-hydrogen) atoms. The minimum absolute atomic E-state index is 0.00474. The van der Waals surface area contributed by atoms with Crippen LogP contribution in [0.4, 0.5) is 0 Å². The first-order chi connectivity index (χ1) is 9.06. The zero-order valence-corrected chi connectivity index (χ0v) is 12.6. The van der Waals surface area contributed by atoms with Crippen LogP contribution in [-0.4, -0.2) is 36.2 Å². The van der Waals surface area contributed by atoms with Gasteiger partial charge in [-0.1, -0.05) is 6.42 Å². The van der Waals surface area contributed by atoms with Gasteiger partial charge in [0.25, 0.3) is 10.0 Å². The lowest BCUT2D eigenvalue weighted by molar-refractivity contribution is 0.420. The Balaban J connectivity index is 2.09. The SMILES string of the molecule is CSC1CCCC(NS(=O)(=O)c2[nH]ncc2CN)C1. The third kappa shape index (κ3) is 3.50. The molecule has 0 spiro atoms. The van der Waals surface area contributed by atoms with E-state index in [9.17, 15) is 8.42 Å². The molecule has 1 aromatic rings. The van der Waals surface area contributed by atoms with Crippen LogP contribution >= 0.6 is 11.8 Å². The maximum Gasteiger partial charge on any atom is 0.258 e. The lowest BCUT2D eigenvalue weighted by Gasteiger charge is -2.28. The molecule has 6 nitrogen and oxygen atoms in total. The highest BCUT2D eigenvalue weighted by atomic mass is 32.2. The van der Waals surface area contributed by atoms with Crippen molar-refractivity contribution in [3.05, 3.63) is 11.8 Å². The highest BCUT2D eigenvalue weighted by Crippen LogP contribution is 2.27. The van der Waals surface area contributed by atoms with Gasteiger partial charge in [-0.3, -0.25) is 5.10 Å². The Labute approximate surface area is 118 Å². The highest BCUT2D eigenvalue weighted by molar-refractivity contribution is 7.99. The Morgan fingerprint density at radius 1 is 1.58 bits per heavy atom. The fourth-order valence-corrected chi connectivity index (χ4v) is 4.67. The van der Waals surface area contributed by atoms with Crippen LogP contribution in [0.25, 0.3) is 0 Å². The van der Waals surface area contributed by atoms with E-state index in [4.69, 9.17) is 5.73 Å². The zero-order valence-electron chi connectivity index (χ0n) is 10.9. The summed E-state index contributed by atoms with van der Waals surface area (Å²) in [5.74, 6) is 0. The van der Waals surface area contributed by atoms with Crippen molar-refractivity contribution in [2.75, 3.05) is 6.26 Å². The molecule has 0 aromatic carbocycles. The monoisotopic (exact) mass is 304 g/mol. The fourth-order valence-electron chi connectivity index (χ4n) is 2.42. The van der Waals surface area contributed by atoms with Gasteiger partial charge in [-0.2, -0.15) is 16.9 Å². The largest absolute Gasteiger partial charge is 0.326 e. The van der Waals surface area contributed by atoms with Gasteiger partial charge in [-0.15, -0.1) is 0 Å². The van der Waals surface area contributed by atoms with Crippen LogP contribution in [0.2, 0.25) is 0 Å². The number of thioether (sulfide) groups is 1. The number of hydrogen-bond donors (Lipinski definition) is 3. The predicted molar refractivity (Wildman–Crippen MR) is 76.4 cm³/mol. The van der Waals surface area contributed by atoms with E-state index in [0.717, 1.165) is 25.7 Å². The smallest absolute Gasteiger partial charge is 0.258 e. The number of H-pyrrole nitrogens is 1. The molecule has 0 bridgehead atoms. The van der Waals surface area contributed by atoms with E-state index in [2.05, 4.69) is 21.2 Å². The molecule has 1 aromatic heterocycles. The van der Waals surface area contributed by atoms with Gasteiger partial charge >= 0.3 is 0 Å². The Kier molecular flexibility index (Phi) is 4.88. The van der Waals surface area contributed by atoms with Crippen LogP contribution < -0.4 is 10.5 Å². The highest BCUT2D eigenvalue weighted by Gasteiger charge is 2.28. The van der Waals surface area contributed by atoms with E-state index in [-0.39, 0.29) is 17.6 Å². The number of nitrogens with one attached hydrogen (secondary N) is 2. The summed E-state index contributed by atoms with van der Waals surface area (Å²) in [7, 11) is -3.55. The summed E-state index contributed by atoms with van der Waals surface area (Å²) >= 11 is 1.81. The normalized spacial score (nSPS) is 24.5. The van der Waals surface area contributed by atoms with Crippen molar-refractivity contribution < 1.29 is 8.42 Å². The van der Waals surface area contributed by atoms with Gasteiger partial charge in [-0.25, -0.2) is 13.1 Å². The van der Waals surface area contributed by atoms with Crippen LogP contribution in [0.3, 0.4) is 0 Å². The summed E-state index contributed by atoms with van der Waals surface area (Å²) < 4.78 is 27.4. The van der Waals surface area contributed by atoms with Crippen LogP contribution in [0.1, 0.15) is 31.2 Å². The van der Waals surface area contributed by atoms with E-state index >= 15 is 0 Å². The summed E-state index contributed by atoms with van der Waals surface area (Å²) in [5, 5.41) is 6.92. The average molecular weight is 304 g/mol. The molecule has 1 fully saturated rings. The average Bonchev–Trinajstić information content (AvgIpc) is 2.87. The molecule has 108 valence electrons. The fraction of sp³-hybridized carbons (Fsp3) is 0.727. The van der Waals surface area contributed by atoms with E-state index < -0.39 is 10.0 Å². The van der Waals surface area contributed by atoms with Gasteiger partial charge in [0.05, 0.1) is 6.20 Å². The lowest BCUT2D eigenvalue weighted by atomic mass is 9.96. The molecule has 0 amide bonds. The third-order valence-electron chi connectivity index (χ3n) is 3.45. The van der Waals surface area contributed by atoms with Crippen molar-refractivity contribution in [1.29, 1.82) is 0 Å². The second-order valence-electron chi connectivity index (χ2n) is 4.77. The number of rotatable bonds is 5. The minimum Gasteiger partial charge on any atom is -0.326 e. The third-order valence-corrected chi connectivity index (χ3v) is 6.08. The van der Waals surface area contributed by atoms with Gasteiger partial charge < -0.3 is 5.73 Å². The van der Waals surface area contributed by atoms with Crippen molar-refractivity contribution in [1.82, 2.24) is 14.9 Å². The Morgan fingerprint density at radius 3 is 3.05 bits per heavy atom. The molecule has 1 aliphatic rings. The number of aromatic amines is 1. The van der Waals surface area contributed by atoms with Gasteiger partial charge in [0, 0.05) is 23.4 Å². The van der Waals surface area contributed by atoms with Crippen LogP contribution in [0.5, 0.6) is 0 Å². The van der Waals surface area contributed by atoms with E-state index in [1.54, 1.807) is 11.8 Å². The molecular formula is C11H20N4O2S2. The Morgan fingerprint density at radius 2 is 2.37 bits per heavy atom. The summed E-state index contributed by atoms with van der Waals surface area (Å²) in [6, 6.07) is 0.00474. The van der Waals surface area contributed by atoms with Crippen LogP contribution in [0, 0.1) is 0 Å². The maximum atomic E-state index is 12.3. The number of nitrogens with two attached hydrogens (primary N) is 1. The summed E-state index contributed by atoms with van der Waals surface area (Å²) in [4.78, 5) is 0. The van der Waals surface area contributed by atoms with E-state index in [1.807, 2.05) is 0 Å². The molecule has 2 unspecified atom stereocenters. The maximum absolute atomic E-state index is 12.3. The number of nitrogens with zero attached hydrogens (tertiary/aromatic N) is 1. The van der Waals surface area contributed by atoms with E-state index in [0.29, 0.717) is 10.8 Å². The quantitative estimate of drug-likeness (QED) is 0.747. The Hall–Kier alpha value is -0.570. The van der Waals surface area contributed by atoms with Gasteiger partial charge in [0.1, 0.15) is 0 Å². The van der Waals surface area contributed by atoms with Crippen molar-refractivity contribution in [2.24, 2.45) is 5.73 Å². The molecule has 4 N–H and O–H groups in total. The van der Waals surface area contributed by atoms with Crippen LogP contribution in [0.15, 0.2) is 11.2 Å². The standard InChI is InChI=1S/C11H20N4O2S2/c1-18-10-4-2-3-9(5-10)15-19(16,17)11-8(6-12)7-13-14-11/h7,9-10,15H,2-6,12H2,1H3,(H,13,14). The van der Waals surface area contributed by atoms with E-state index in [1.165, 1.54) is 6.20 Å². The number of hydrogen-bond acceptors (Lipinski definition) is 5. The van der Waals surface area contributed by atoms with Gasteiger partial charge in [0.15, 0.2) is 5.03 Å². The molecule has 2 rings (SSSR count). The molecule has 1 aliphatic carbocycles. The molecule has 1 heterocycles. The molecule has 1 saturated carbocycles. The molecule has 8 heteroatoms. The Bertz CT molecular complexity index is 515. The summed E-state index contributed by atoms with van der Waals surface area (Å²) in [6.45, 7) is 0.158. The van der Waals surface area contributed by atoms with Gasteiger partial charge in [-0.05, 0) is 25.5 Å². The second-order valence-corrected chi connectivity index (χ2v) is 7.56. The number of sulfonamides is 1.